The van der Waals surface area contributed by atoms with Crippen LogP contribution in [0.4, 0.5) is 0 Å². The third kappa shape index (κ3) is 1.12. The van der Waals surface area contributed by atoms with Crippen LogP contribution in [0.25, 0.3) is 0 Å². The van der Waals surface area contributed by atoms with Gasteiger partial charge in [0.15, 0.2) is 0 Å². The molecule has 9 heavy (non-hydrogen) atoms. The largest absolute Gasteiger partial charge is 0.250 e. The predicted octanol–water partition coefficient (Wildman–Crippen LogP) is 0.963. The van der Waals surface area contributed by atoms with Crippen molar-refractivity contribution in [3.05, 3.63) is 18.2 Å². The fourth-order valence-corrected chi connectivity index (χ4v) is 0.985. The molecule has 0 atom stereocenters. The lowest BCUT2D eigenvalue weighted by atomic mass is 10.1. The highest BCUT2D eigenvalue weighted by Gasteiger charge is 2.07. The topological polar surface area (TPSA) is 19.7 Å². The van der Waals surface area contributed by atoms with Gasteiger partial charge in [-0.15, -0.1) is 0 Å². The van der Waals surface area contributed by atoms with Crippen LogP contribution in [-0.2, 0) is 7.05 Å². The van der Waals surface area contributed by atoms with Crippen molar-refractivity contribution in [2.24, 2.45) is 7.05 Å². The number of nitrogens with one attached hydrogen (secondary N) is 1. The first kappa shape index (κ1) is 6.33. The zero-order valence-corrected chi connectivity index (χ0v) is 6.18. The predicted molar refractivity (Wildman–Crippen MR) is 36.1 cm³/mol. The summed E-state index contributed by atoms with van der Waals surface area (Å²) in [6.45, 7) is 4.37. The van der Waals surface area contributed by atoms with Crippen LogP contribution in [0.1, 0.15) is 25.5 Å². The number of aromatic amines is 1. The molecule has 0 saturated heterocycles. The van der Waals surface area contributed by atoms with Gasteiger partial charge in [0.25, 0.3) is 0 Å². The monoisotopic (exact) mass is 125 g/mol. The minimum absolute atomic E-state index is 0.612. The minimum atomic E-state index is 0.612. The highest BCUT2D eigenvalue weighted by atomic mass is 15.0. The lowest BCUT2D eigenvalue weighted by molar-refractivity contribution is -0.678. The number of imidazole rings is 1. The van der Waals surface area contributed by atoms with Gasteiger partial charge in [-0.05, 0) is 0 Å². The third-order valence-electron chi connectivity index (χ3n) is 1.50. The SMILES string of the molecule is CC(C)c1c[nH]c[n+]1C. The molecule has 1 aromatic rings. The van der Waals surface area contributed by atoms with Gasteiger partial charge >= 0.3 is 0 Å². The van der Waals surface area contributed by atoms with Crippen molar-refractivity contribution in [1.29, 1.82) is 0 Å². The summed E-state index contributed by atoms with van der Waals surface area (Å²) in [5, 5.41) is 0. The zero-order chi connectivity index (χ0) is 6.85. The Labute approximate surface area is 55.5 Å². The van der Waals surface area contributed by atoms with Gasteiger partial charge in [-0.2, -0.15) is 0 Å². The number of H-pyrrole nitrogens is 1. The van der Waals surface area contributed by atoms with E-state index in [-0.39, 0.29) is 0 Å². The van der Waals surface area contributed by atoms with Gasteiger partial charge < -0.3 is 0 Å². The molecule has 0 unspecified atom stereocenters. The highest BCUT2D eigenvalue weighted by Crippen LogP contribution is 2.05. The molecule has 0 radical (unpaired) electrons. The molecular weight excluding hydrogens is 112 g/mol. The van der Waals surface area contributed by atoms with Crippen LogP contribution in [0, 0.1) is 0 Å². The maximum absolute atomic E-state index is 3.04. The molecule has 0 amide bonds. The van der Waals surface area contributed by atoms with Crippen molar-refractivity contribution >= 4 is 0 Å². The molecule has 0 aliphatic rings. The second kappa shape index (κ2) is 2.21. The highest BCUT2D eigenvalue weighted by molar-refractivity contribution is 4.91. The van der Waals surface area contributed by atoms with E-state index in [2.05, 4.69) is 23.4 Å². The number of rotatable bonds is 1. The quantitative estimate of drug-likeness (QED) is 0.539. The van der Waals surface area contributed by atoms with E-state index in [1.54, 1.807) is 0 Å². The second-order valence-electron chi connectivity index (χ2n) is 2.63. The Kier molecular flexibility index (Phi) is 1.56. The molecule has 2 nitrogen and oxygen atoms in total. The fraction of sp³-hybridized carbons (Fsp3) is 0.571. The van der Waals surface area contributed by atoms with Gasteiger partial charge in [-0.1, -0.05) is 13.8 Å². The van der Waals surface area contributed by atoms with Crippen LogP contribution in [0.2, 0.25) is 0 Å². The molecule has 0 spiro atoms. The Morgan fingerprint density at radius 2 is 2.22 bits per heavy atom. The number of hydrogen-bond donors (Lipinski definition) is 1. The smallest absolute Gasteiger partial charge is 0.241 e. The van der Waals surface area contributed by atoms with Crippen LogP contribution < -0.4 is 4.57 Å². The summed E-state index contributed by atoms with van der Waals surface area (Å²) in [5.74, 6) is 0.612. The van der Waals surface area contributed by atoms with E-state index in [4.69, 9.17) is 0 Å². The Morgan fingerprint density at radius 1 is 1.56 bits per heavy atom. The van der Waals surface area contributed by atoms with E-state index >= 15 is 0 Å². The molecule has 1 heterocycles. The molecule has 1 aromatic heterocycles. The molecule has 0 saturated carbocycles. The molecule has 1 rings (SSSR count). The second-order valence-corrected chi connectivity index (χ2v) is 2.63. The van der Waals surface area contributed by atoms with Crippen molar-refractivity contribution in [2.75, 3.05) is 0 Å². The lowest BCUT2D eigenvalue weighted by Crippen LogP contribution is -2.30. The molecule has 0 aliphatic carbocycles. The number of hydrogen-bond acceptors (Lipinski definition) is 0. The molecule has 0 bridgehead atoms. The summed E-state index contributed by atoms with van der Waals surface area (Å²) in [5.41, 5.74) is 1.34. The van der Waals surface area contributed by atoms with E-state index in [1.165, 1.54) is 5.69 Å². The van der Waals surface area contributed by atoms with E-state index in [0.29, 0.717) is 5.92 Å². The first-order valence-electron chi connectivity index (χ1n) is 3.24. The van der Waals surface area contributed by atoms with Crippen LogP contribution in [0.5, 0.6) is 0 Å². The van der Waals surface area contributed by atoms with Crippen molar-refractivity contribution in [3.63, 3.8) is 0 Å². The standard InChI is InChI=1S/C7H12N2/c1-6(2)7-4-8-5-9(7)3/h4-6H,1-3H3/p+1. The van der Waals surface area contributed by atoms with Crippen molar-refractivity contribution in [1.82, 2.24) is 4.98 Å². The Bertz CT molecular complexity index is 189. The third-order valence-corrected chi connectivity index (χ3v) is 1.50. The summed E-state index contributed by atoms with van der Waals surface area (Å²) < 4.78 is 2.10. The van der Waals surface area contributed by atoms with Gasteiger partial charge in [0.05, 0.1) is 7.05 Å². The maximum atomic E-state index is 3.04. The molecule has 0 aromatic carbocycles. The first-order chi connectivity index (χ1) is 4.22. The first-order valence-corrected chi connectivity index (χ1v) is 3.24. The molecular formula is C7H13N2+. The molecule has 50 valence electrons. The van der Waals surface area contributed by atoms with Crippen molar-refractivity contribution in [2.45, 2.75) is 19.8 Å². The normalized spacial score (nSPS) is 10.7. The van der Waals surface area contributed by atoms with Gasteiger partial charge in [0.1, 0.15) is 11.9 Å². The Morgan fingerprint density at radius 3 is 2.44 bits per heavy atom. The van der Waals surface area contributed by atoms with Crippen LogP contribution in [0.3, 0.4) is 0 Å². The van der Waals surface area contributed by atoms with Gasteiger partial charge in [-0.25, -0.2) is 9.55 Å². The Balaban J connectivity index is 2.94. The van der Waals surface area contributed by atoms with Gasteiger partial charge in [0.2, 0.25) is 6.33 Å². The zero-order valence-electron chi connectivity index (χ0n) is 6.18. The van der Waals surface area contributed by atoms with Crippen molar-refractivity contribution in [3.8, 4) is 0 Å². The average Bonchev–Trinajstić information content (AvgIpc) is 2.13. The number of aromatic nitrogens is 2. The maximum Gasteiger partial charge on any atom is 0.241 e. The van der Waals surface area contributed by atoms with Crippen LogP contribution in [0.15, 0.2) is 12.5 Å². The van der Waals surface area contributed by atoms with E-state index in [9.17, 15) is 0 Å². The van der Waals surface area contributed by atoms with E-state index in [1.807, 2.05) is 19.6 Å². The summed E-state index contributed by atoms with van der Waals surface area (Å²) in [4.78, 5) is 3.04. The summed E-state index contributed by atoms with van der Waals surface area (Å²) in [6, 6.07) is 0. The molecule has 2 heteroatoms. The van der Waals surface area contributed by atoms with Gasteiger partial charge in [0, 0.05) is 5.92 Å². The fourth-order valence-electron chi connectivity index (χ4n) is 0.985. The Hall–Kier alpha value is -0.790. The van der Waals surface area contributed by atoms with Gasteiger partial charge in [-0.3, -0.25) is 0 Å². The number of nitrogens with zero attached hydrogens (tertiary/aromatic N) is 1. The molecule has 1 N–H and O–H groups in total. The van der Waals surface area contributed by atoms with E-state index < -0.39 is 0 Å². The summed E-state index contributed by atoms with van der Waals surface area (Å²) in [7, 11) is 2.05. The van der Waals surface area contributed by atoms with Crippen LogP contribution >= 0.6 is 0 Å². The van der Waals surface area contributed by atoms with E-state index in [0.717, 1.165) is 0 Å². The minimum Gasteiger partial charge on any atom is -0.250 e. The summed E-state index contributed by atoms with van der Waals surface area (Å²) in [6.07, 6.45) is 3.99. The number of aryl methyl sites for hydroxylation is 1. The molecule has 0 aliphatic heterocycles. The average molecular weight is 125 g/mol. The summed E-state index contributed by atoms with van der Waals surface area (Å²) >= 11 is 0. The van der Waals surface area contributed by atoms with Crippen LogP contribution in [-0.4, -0.2) is 4.98 Å². The van der Waals surface area contributed by atoms with Crippen molar-refractivity contribution < 1.29 is 4.57 Å². The lowest BCUT2D eigenvalue weighted by Gasteiger charge is -1.96. The molecule has 0 fully saturated rings.